The molecule has 1 saturated heterocycles. The Hall–Kier alpha value is -1.15. The number of nitrogens with zero attached hydrogens (tertiary/aromatic N) is 2. The van der Waals surface area contributed by atoms with Crippen LogP contribution in [0.3, 0.4) is 0 Å². The molecule has 0 spiro atoms. The van der Waals surface area contributed by atoms with Crippen LogP contribution in [0.2, 0.25) is 0 Å². The van der Waals surface area contributed by atoms with Crippen LogP contribution in [0.5, 0.6) is 0 Å². The number of hydrogen-bond acceptors (Lipinski definition) is 5. The van der Waals surface area contributed by atoms with Crippen LogP contribution in [0.15, 0.2) is 17.5 Å². The summed E-state index contributed by atoms with van der Waals surface area (Å²) in [5.41, 5.74) is 0. The van der Waals surface area contributed by atoms with Crippen LogP contribution in [-0.2, 0) is 4.74 Å². The van der Waals surface area contributed by atoms with Crippen LogP contribution in [-0.4, -0.2) is 75.4 Å². The molecule has 0 aliphatic carbocycles. The lowest BCUT2D eigenvalue weighted by Crippen LogP contribution is -2.51. The number of ether oxygens (including phenoxy) is 1. The Morgan fingerprint density at radius 2 is 1.96 bits per heavy atom. The van der Waals surface area contributed by atoms with Gasteiger partial charge in [0.05, 0.1) is 19.3 Å². The first kappa shape index (κ1) is 21.2. The predicted molar refractivity (Wildman–Crippen MR) is 108 cm³/mol. The Balaban J connectivity index is 1.81. The van der Waals surface area contributed by atoms with Gasteiger partial charge in [0.1, 0.15) is 0 Å². The van der Waals surface area contributed by atoms with E-state index in [0.717, 1.165) is 32.7 Å². The fraction of sp³-hybridized carbons (Fsp3) is 0.737. The highest BCUT2D eigenvalue weighted by Crippen LogP contribution is 2.22. The van der Waals surface area contributed by atoms with Gasteiger partial charge in [-0.05, 0) is 37.9 Å². The first-order valence-corrected chi connectivity index (χ1v) is 10.4. The number of carbonyl (C=O) groups excluding carboxylic acids is 1. The summed E-state index contributed by atoms with van der Waals surface area (Å²) in [6.07, 6.45) is 1.08. The quantitative estimate of drug-likeness (QED) is 0.689. The molecule has 0 bridgehead atoms. The zero-order chi connectivity index (χ0) is 18.9. The molecule has 2 N–H and O–H groups in total. The van der Waals surface area contributed by atoms with E-state index in [0.29, 0.717) is 25.0 Å². The van der Waals surface area contributed by atoms with E-state index in [2.05, 4.69) is 51.8 Å². The average molecular weight is 383 g/mol. The van der Waals surface area contributed by atoms with Crippen molar-refractivity contribution in [2.75, 3.05) is 53.5 Å². The number of likely N-dealkylation sites (N-methyl/N-ethyl adjacent to an activating group) is 1. The summed E-state index contributed by atoms with van der Waals surface area (Å²) in [4.78, 5) is 18.2. The molecule has 0 saturated carbocycles. The standard InChI is InChI=1S/C19H34N4O2S/c1-15(2)12-16(23-7-9-25-10-8-23)13-20-19(24)21-14-17(22(3)4)18-6-5-11-26-18/h5-6,11,15-17H,7-10,12-14H2,1-4H3,(H2,20,21,24). The van der Waals surface area contributed by atoms with E-state index in [4.69, 9.17) is 4.74 Å². The third-order valence-corrected chi connectivity index (χ3v) is 5.73. The first-order chi connectivity index (χ1) is 12.5. The van der Waals surface area contributed by atoms with Crippen LogP contribution < -0.4 is 10.6 Å². The van der Waals surface area contributed by atoms with Crippen molar-refractivity contribution in [1.82, 2.24) is 20.4 Å². The minimum absolute atomic E-state index is 0.0876. The van der Waals surface area contributed by atoms with Crippen LogP contribution in [0, 0.1) is 5.92 Å². The number of morpholine rings is 1. The second-order valence-corrected chi connectivity index (χ2v) is 8.50. The van der Waals surface area contributed by atoms with Gasteiger partial charge in [-0.3, -0.25) is 4.90 Å². The van der Waals surface area contributed by atoms with E-state index in [1.165, 1.54) is 4.88 Å². The summed E-state index contributed by atoms with van der Waals surface area (Å²) in [5.74, 6) is 0.602. The fourth-order valence-electron chi connectivity index (χ4n) is 3.33. The topological polar surface area (TPSA) is 56.8 Å². The minimum Gasteiger partial charge on any atom is -0.379 e. The van der Waals surface area contributed by atoms with Gasteiger partial charge in [0.15, 0.2) is 0 Å². The highest BCUT2D eigenvalue weighted by atomic mass is 32.1. The third kappa shape index (κ3) is 6.87. The molecule has 1 aromatic heterocycles. The van der Waals surface area contributed by atoms with Crippen molar-refractivity contribution < 1.29 is 9.53 Å². The van der Waals surface area contributed by atoms with Crippen molar-refractivity contribution in [2.24, 2.45) is 5.92 Å². The van der Waals surface area contributed by atoms with Crippen LogP contribution in [0.4, 0.5) is 4.79 Å². The lowest BCUT2D eigenvalue weighted by atomic mass is 10.0. The minimum atomic E-state index is -0.0876. The summed E-state index contributed by atoms with van der Waals surface area (Å²) in [6, 6.07) is 4.65. The molecular weight excluding hydrogens is 348 g/mol. The fourth-order valence-corrected chi connectivity index (χ4v) is 4.25. The van der Waals surface area contributed by atoms with E-state index < -0.39 is 0 Å². The van der Waals surface area contributed by atoms with Crippen LogP contribution in [0.25, 0.3) is 0 Å². The molecule has 6 nitrogen and oxygen atoms in total. The van der Waals surface area contributed by atoms with Crippen molar-refractivity contribution in [3.8, 4) is 0 Å². The van der Waals surface area contributed by atoms with Gasteiger partial charge in [0.2, 0.25) is 0 Å². The van der Waals surface area contributed by atoms with Crippen molar-refractivity contribution in [1.29, 1.82) is 0 Å². The highest BCUT2D eigenvalue weighted by molar-refractivity contribution is 7.10. The zero-order valence-corrected chi connectivity index (χ0v) is 17.3. The van der Waals surface area contributed by atoms with Crippen LogP contribution >= 0.6 is 11.3 Å². The normalized spacial score (nSPS) is 18.1. The molecule has 2 unspecified atom stereocenters. The summed E-state index contributed by atoms with van der Waals surface area (Å²) in [7, 11) is 4.09. The monoisotopic (exact) mass is 382 g/mol. The summed E-state index contributed by atoms with van der Waals surface area (Å²) in [6.45, 7) is 9.20. The molecule has 2 heterocycles. The van der Waals surface area contributed by atoms with Gasteiger partial charge in [-0.1, -0.05) is 19.9 Å². The van der Waals surface area contributed by atoms with E-state index in [1.807, 2.05) is 14.1 Å². The summed E-state index contributed by atoms with van der Waals surface area (Å²) < 4.78 is 5.46. The molecule has 2 amide bonds. The van der Waals surface area contributed by atoms with Crippen LogP contribution in [0.1, 0.15) is 31.2 Å². The maximum atomic E-state index is 12.3. The van der Waals surface area contributed by atoms with Gasteiger partial charge in [-0.2, -0.15) is 0 Å². The first-order valence-electron chi connectivity index (χ1n) is 9.50. The number of hydrogen-bond donors (Lipinski definition) is 2. The van der Waals surface area contributed by atoms with Crippen molar-refractivity contribution in [2.45, 2.75) is 32.4 Å². The Kier molecular flexibility index (Phi) is 8.84. The second kappa shape index (κ2) is 10.9. The third-order valence-electron chi connectivity index (χ3n) is 4.75. The molecule has 1 aliphatic rings. The molecule has 0 aromatic carbocycles. The van der Waals surface area contributed by atoms with Gasteiger partial charge in [0, 0.05) is 37.1 Å². The molecule has 2 atom stereocenters. The second-order valence-electron chi connectivity index (χ2n) is 7.52. The van der Waals surface area contributed by atoms with Gasteiger partial charge < -0.3 is 20.3 Å². The zero-order valence-electron chi connectivity index (χ0n) is 16.5. The maximum Gasteiger partial charge on any atom is 0.314 e. The van der Waals surface area contributed by atoms with Crippen molar-refractivity contribution in [3.63, 3.8) is 0 Å². The van der Waals surface area contributed by atoms with Gasteiger partial charge in [-0.25, -0.2) is 4.79 Å². The lowest BCUT2D eigenvalue weighted by Gasteiger charge is -2.35. The Morgan fingerprint density at radius 1 is 1.27 bits per heavy atom. The van der Waals surface area contributed by atoms with E-state index >= 15 is 0 Å². The van der Waals surface area contributed by atoms with E-state index in [1.54, 1.807) is 11.3 Å². The van der Waals surface area contributed by atoms with E-state index in [9.17, 15) is 4.79 Å². The number of amides is 2. The number of carbonyl (C=O) groups is 1. The highest BCUT2D eigenvalue weighted by Gasteiger charge is 2.23. The Bertz CT molecular complexity index is 516. The summed E-state index contributed by atoms with van der Waals surface area (Å²) in [5, 5.41) is 8.19. The molecular formula is C19H34N4O2S. The van der Waals surface area contributed by atoms with Gasteiger partial charge in [-0.15, -0.1) is 11.3 Å². The number of urea groups is 1. The lowest BCUT2D eigenvalue weighted by molar-refractivity contribution is 0.0129. The molecule has 0 radical (unpaired) electrons. The molecule has 26 heavy (non-hydrogen) atoms. The smallest absolute Gasteiger partial charge is 0.314 e. The average Bonchev–Trinajstić information content (AvgIpc) is 3.13. The Morgan fingerprint density at radius 3 is 2.54 bits per heavy atom. The van der Waals surface area contributed by atoms with E-state index in [-0.39, 0.29) is 12.1 Å². The van der Waals surface area contributed by atoms with Crippen molar-refractivity contribution in [3.05, 3.63) is 22.4 Å². The molecule has 148 valence electrons. The van der Waals surface area contributed by atoms with Crippen molar-refractivity contribution >= 4 is 17.4 Å². The number of nitrogens with one attached hydrogen (secondary N) is 2. The van der Waals surface area contributed by atoms with Gasteiger partial charge >= 0.3 is 6.03 Å². The summed E-state index contributed by atoms with van der Waals surface area (Å²) >= 11 is 1.72. The molecule has 1 aliphatic heterocycles. The predicted octanol–water partition coefficient (Wildman–Crippen LogP) is 2.40. The van der Waals surface area contributed by atoms with Gasteiger partial charge in [0.25, 0.3) is 0 Å². The maximum absolute atomic E-state index is 12.3. The largest absolute Gasteiger partial charge is 0.379 e. The SMILES string of the molecule is CC(C)CC(CNC(=O)NCC(c1cccs1)N(C)C)N1CCOCC1. The molecule has 1 aromatic rings. The molecule has 2 rings (SSSR count). The molecule has 1 fully saturated rings. The molecule has 7 heteroatoms. The number of thiophene rings is 1. The Labute approximate surface area is 161 Å². The number of rotatable bonds is 9.